The van der Waals surface area contributed by atoms with E-state index in [-0.39, 0.29) is 25.9 Å². The average molecular weight is 903 g/mol. The molecule has 0 aliphatic carbocycles. The molecule has 0 aliphatic heterocycles. The smallest absolute Gasteiger partial charge is 0.126 e. The van der Waals surface area contributed by atoms with Gasteiger partial charge in [0.1, 0.15) is 11.4 Å². The van der Waals surface area contributed by atoms with Crippen LogP contribution in [0, 0.1) is 17.9 Å². The molecular formula is C47H40FIrN3OSi-2. The van der Waals surface area contributed by atoms with Crippen LogP contribution in [0.4, 0.5) is 4.39 Å². The van der Waals surface area contributed by atoms with Crippen molar-refractivity contribution in [1.82, 2.24) is 14.5 Å². The quantitative estimate of drug-likeness (QED) is 0.123. The van der Waals surface area contributed by atoms with E-state index in [0.29, 0.717) is 17.7 Å². The fraction of sp³-hybridized carbons (Fsp3) is 0.149. The number of benzene rings is 6. The van der Waals surface area contributed by atoms with Crippen LogP contribution in [-0.4, -0.2) is 22.6 Å². The van der Waals surface area contributed by atoms with Crippen molar-refractivity contribution in [2.24, 2.45) is 0 Å². The first kappa shape index (κ1) is 35.8. The SMILES string of the molecule is Fc1ccc2c(c1)oc1c(-c3nc4c5ccccc5ccc4n3Cc3ccccc3)[c-]ccc12.[2H]C(C)(C)c1cc(-c2[c-]cccc2)ncc1[Si](C)(C)C.[Ir]. The maximum atomic E-state index is 13.9. The molecule has 3 heterocycles. The Morgan fingerprint density at radius 3 is 2.35 bits per heavy atom. The third-order valence-corrected chi connectivity index (χ3v) is 11.7. The van der Waals surface area contributed by atoms with Crippen LogP contribution >= 0.6 is 0 Å². The van der Waals surface area contributed by atoms with E-state index in [2.05, 4.69) is 83.8 Å². The number of furan rings is 1. The summed E-state index contributed by atoms with van der Waals surface area (Å²) in [6.07, 6.45) is 1.98. The van der Waals surface area contributed by atoms with E-state index in [4.69, 9.17) is 10.8 Å². The first-order valence-corrected chi connectivity index (χ1v) is 21.4. The van der Waals surface area contributed by atoms with E-state index < -0.39 is 14.0 Å². The van der Waals surface area contributed by atoms with Gasteiger partial charge in [-0.2, -0.15) is 0 Å². The summed E-state index contributed by atoms with van der Waals surface area (Å²) in [5, 5.41) is 5.33. The molecule has 4 nitrogen and oxygen atoms in total. The summed E-state index contributed by atoms with van der Waals surface area (Å²) in [4.78, 5) is 9.75. The molecule has 0 amide bonds. The molecule has 7 heteroatoms. The fourth-order valence-corrected chi connectivity index (χ4v) is 8.61. The number of hydrogen-bond acceptors (Lipinski definition) is 3. The van der Waals surface area contributed by atoms with Gasteiger partial charge in [0.2, 0.25) is 0 Å². The molecule has 0 atom stereocenters. The maximum Gasteiger partial charge on any atom is 0.126 e. The van der Waals surface area contributed by atoms with Gasteiger partial charge in [0.25, 0.3) is 0 Å². The predicted molar refractivity (Wildman–Crippen MR) is 220 cm³/mol. The van der Waals surface area contributed by atoms with Crippen LogP contribution in [0.5, 0.6) is 0 Å². The molecule has 9 aromatic rings. The summed E-state index contributed by atoms with van der Waals surface area (Å²) in [6.45, 7) is 11.5. The molecule has 271 valence electrons. The van der Waals surface area contributed by atoms with Gasteiger partial charge < -0.3 is 14.0 Å². The average Bonchev–Trinajstić information content (AvgIpc) is 3.73. The van der Waals surface area contributed by atoms with Crippen molar-refractivity contribution in [3.05, 3.63) is 163 Å². The normalized spacial score (nSPS) is 12.1. The van der Waals surface area contributed by atoms with Gasteiger partial charge in [0, 0.05) is 51.1 Å². The number of fused-ring (bicyclic) bond motifs is 6. The van der Waals surface area contributed by atoms with Crippen LogP contribution in [0.2, 0.25) is 19.6 Å². The Labute approximate surface area is 331 Å². The van der Waals surface area contributed by atoms with Crippen molar-refractivity contribution in [1.29, 1.82) is 0 Å². The van der Waals surface area contributed by atoms with Crippen LogP contribution < -0.4 is 5.19 Å². The monoisotopic (exact) mass is 903 g/mol. The molecule has 0 fully saturated rings. The summed E-state index contributed by atoms with van der Waals surface area (Å²) in [6, 6.07) is 47.9. The maximum absolute atomic E-state index is 13.9. The minimum Gasteiger partial charge on any atom is -0.500 e. The Kier molecular flexibility index (Phi) is 10.1. The van der Waals surface area contributed by atoms with Crippen molar-refractivity contribution >= 4 is 57.0 Å². The summed E-state index contributed by atoms with van der Waals surface area (Å²) in [5.41, 5.74) is 8.10. The van der Waals surface area contributed by atoms with Gasteiger partial charge in [0.05, 0.1) is 30.5 Å². The standard InChI is InChI=1S/C30H18FN2O.C17H22NSi.Ir/c31-21-14-15-23-24-11-6-12-25(29(24)34-27(23)17-21)30-32-28-22-10-5-4-9-20(22)13-16-26(28)33(30)18-19-7-2-1-3-8-19;1-13(2)15-11-16(14-9-7-6-8-10-14)18-12-17(15)19(3,4)5;/h1-11,13-17H,18H2;6-9,11-13H,1-5H3;/q2*-1;/i;13D;. The topological polar surface area (TPSA) is 43.9 Å². The van der Waals surface area contributed by atoms with Crippen molar-refractivity contribution in [3.8, 4) is 22.6 Å². The largest absolute Gasteiger partial charge is 0.500 e. The summed E-state index contributed by atoms with van der Waals surface area (Å²) in [7, 11) is -1.50. The van der Waals surface area contributed by atoms with Gasteiger partial charge >= 0.3 is 0 Å². The number of pyridine rings is 1. The summed E-state index contributed by atoms with van der Waals surface area (Å²) in [5.74, 6) is -0.151. The molecule has 0 bridgehead atoms. The minimum absolute atomic E-state index is 0. The molecule has 0 spiro atoms. The Balaban J connectivity index is 0.000000191. The third kappa shape index (κ3) is 7.19. The first-order chi connectivity index (χ1) is 26.0. The van der Waals surface area contributed by atoms with Gasteiger partial charge in [-0.3, -0.25) is 4.98 Å². The third-order valence-electron chi connectivity index (χ3n) is 9.68. The van der Waals surface area contributed by atoms with Gasteiger partial charge in [-0.25, -0.2) is 4.39 Å². The molecule has 0 aliphatic rings. The van der Waals surface area contributed by atoms with Crippen molar-refractivity contribution in [2.45, 2.75) is 45.9 Å². The van der Waals surface area contributed by atoms with E-state index in [1.54, 1.807) is 6.07 Å². The second-order valence-electron chi connectivity index (χ2n) is 14.6. The molecule has 0 saturated heterocycles. The summed E-state index contributed by atoms with van der Waals surface area (Å²) < 4.78 is 30.7. The van der Waals surface area contributed by atoms with Crippen molar-refractivity contribution in [3.63, 3.8) is 0 Å². The zero-order valence-corrected chi connectivity index (χ0v) is 34.3. The zero-order chi connectivity index (χ0) is 37.6. The van der Waals surface area contributed by atoms with Gasteiger partial charge in [-0.1, -0.05) is 117 Å². The molecule has 0 N–H and O–H groups in total. The molecule has 6 aromatic carbocycles. The molecular weight excluding hydrogens is 862 g/mol. The van der Waals surface area contributed by atoms with Gasteiger partial charge in [-0.05, 0) is 45.9 Å². The Bertz CT molecular complexity index is 2790. The molecule has 0 unspecified atom stereocenters. The van der Waals surface area contributed by atoms with Crippen LogP contribution in [0.3, 0.4) is 0 Å². The number of hydrogen-bond donors (Lipinski definition) is 0. The summed E-state index contributed by atoms with van der Waals surface area (Å²) >= 11 is 0. The minimum atomic E-state index is -1.50. The molecule has 3 aromatic heterocycles. The van der Waals surface area contributed by atoms with Crippen LogP contribution in [0.1, 0.15) is 32.2 Å². The van der Waals surface area contributed by atoms with E-state index in [1.807, 2.05) is 86.8 Å². The molecule has 0 saturated carbocycles. The number of rotatable bonds is 6. The van der Waals surface area contributed by atoms with Gasteiger partial charge in [0.15, 0.2) is 0 Å². The second kappa shape index (κ2) is 15.3. The predicted octanol–water partition coefficient (Wildman–Crippen LogP) is 12.0. The van der Waals surface area contributed by atoms with Crippen LogP contribution in [-0.2, 0) is 26.7 Å². The second-order valence-corrected chi connectivity index (χ2v) is 19.7. The van der Waals surface area contributed by atoms with Gasteiger partial charge in [-0.15, -0.1) is 54.1 Å². The molecule has 54 heavy (non-hydrogen) atoms. The number of halogens is 1. The fourth-order valence-electron chi connectivity index (χ4n) is 7.02. The number of nitrogens with zero attached hydrogens (tertiary/aromatic N) is 3. The Morgan fingerprint density at radius 1 is 0.815 bits per heavy atom. The Hall–Kier alpha value is -5.20. The van der Waals surface area contributed by atoms with E-state index in [0.717, 1.165) is 60.8 Å². The molecule has 9 rings (SSSR count). The Morgan fingerprint density at radius 2 is 1.59 bits per heavy atom. The van der Waals surface area contributed by atoms with Crippen molar-refractivity contribution in [2.75, 3.05) is 0 Å². The first-order valence-electron chi connectivity index (χ1n) is 18.4. The van der Waals surface area contributed by atoms with Crippen molar-refractivity contribution < 1.29 is 30.3 Å². The van der Waals surface area contributed by atoms with E-state index in [9.17, 15) is 4.39 Å². The van der Waals surface area contributed by atoms with E-state index >= 15 is 0 Å². The zero-order valence-electron chi connectivity index (χ0n) is 31.9. The number of imidazole rings is 1. The van der Waals surface area contributed by atoms with E-state index in [1.165, 1.54) is 22.9 Å². The molecule has 1 radical (unpaired) electrons. The van der Waals surface area contributed by atoms with Crippen LogP contribution in [0.25, 0.3) is 66.4 Å². The number of aromatic nitrogens is 3. The van der Waals surface area contributed by atoms with Crippen LogP contribution in [0.15, 0.2) is 138 Å².